The fourth-order valence-electron chi connectivity index (χ4n) is 2.29. The molecule has 0 radical (unpaired) electrons. The smallest absolute Gasteiger partial charge is 0.348 e. The first kappa shape index (κ1) is 20.7. The fourth-order valence-corrected chi connectivity index (χ4v) is 4.68. The highest BCUT2D eigenvalue weighted by molar-refractivity contribution is 9.11. The van der Waals surface area contributed by atoms with E-state index in [0.717, 1.165) is 20.1 Å². The summed E-state index contributed by atoms with van der Waals surface area (Å²) in [4.78, 5) is 22.3. The quantitative estimate of drug-likeness (QED) is 0.298. The molecule has 26 heavy (non-hydrogen) atoms. The second-order valence-corrected chi connectivity index (χ2v) is 8.30. The van der Waals surface area contributed by atoms with E-state index in [1.165, 1.54) is 30.1 Å². The van der Waals surface area contributed by atoms with Gasteiger partial charge in [0.2, 0.25) is 0 Å². The molecule has 3 aromatic rings. The van der Waals surface area contributed by atoms with Gasteiger partial charge in [-0.1, -0.05) is 6.07 Å². The molecule has 0 saturated heterocycles. The minimum Gasteiger partial charge on any atom is -0.465 e. The Labute approximate surface area is 171 Å². The molecule has 3 nitrogen and oxygen atoms in total. The largest absolute Gasteiger partial charge is 0.465 e. The normalized spacial score (nSPS) is 10.2. The first-order valence-corrected chi connectivity index (χ1v) is 9.86. The van der Waals surface area contributed by atoms with Crippen molar-refractivity contribution in [3.05, 3.63) is 66.7 Å². The fraction of sp³-hybridized carbons (Fsp3) is 0.158. The van der Waals surface area contributed by atoms with Gasteiger partial charge in [0, 0.05) is 9.17 Å². The average Bonchev–Trinajstić information content (AvgIpc) is 3.02. The zero-order valence-corrected chi connectivity index (χ0v) is 18.2. The van der Waals surface area contributed by atoms with E-state index in [1.54, 1.807) is 13.0 Å². The average molecular weight is 502 g/mol. The highest BCUT2D eigenvalue weighted by Crippen LogP contribution is 2.33. The van der Waals surface area contributed by atoms with Crippen LogP contribution < -0.4 is 0 Å². The SMILES string of the molecule is COC(=O)c1cc2cc(C)cc(Br)c2s1.Cc1cc(Br)c(F)c(C=O)c1. The molecule has 0 amide bonds. The lowest BCUT2D eigenvalue weighted by Crippen LogP contribution is -1.96. The lowest BCUT2D eigenvalue weighted by Gasteiger charge is -1.99. The number of hydrogen-bond donors (Lipinski definition) is 0. The summed E-state index contributed by atoms with van der Waals surface area (Å²) >= 11 is 7.94. The molecule has 1 heterocycles. The summed E-state index contributed by atoms with van der Waals surface area (Å²) in [6.45, 7) is 3.83. The first-order chi connectivity index (χ1) is 12.3. The number of benzene rings is 2. The van der Waals surface area contributed by atoms with E-state index in [1.807, 2.05) is 19.1 Å². The van der Waals surface area contributed by atoms with Crippen molar-refractivity contribution in [2.45, 2.75) is 13.8 Å². The molecular formula is C19H15Br2FO3S. The van der Waals surface area contributed by atoms with Gasteiger partial charge in [-0.05, 0) is 86.5 Å². The molecule has 0 unspecified atom stereocenters. The van der Waals surface area contributed by atoms with E-state index < -0.39 is 5.82 Å². The molecule has 0 N–H and O–H groups in total. The third-order valence-electron chi connectivity index (χ3n) is 3.43. The van der Waals surface area contributed by atoms with Crippen LogP contribution in [0.4, 0.5) is 4.39 Å². The monoisotopic (exact) mass is 500 g/mol. The summed E-state index contributed by atoms with van der Waals surface area (Å²) in [5, 5.41) is 1.08. The molecule has 3 rings (SSSR count). The highest BCUT2D eigenvalue weighted by Gasteiger charge is 2.12. The van der Waals surface area contributed by atoms with E-state index in [-0.39, 0.29) is 11.5 Å². The van der Waals surface area contributed by atoms with Crippen LogP contribution in [0.25, 0.3) is 10.1 Å². The maximum atomic E-state index is 12.9. The van der Waals surface area contributed by atoms with Crippen LogP contribution in [-0.2, 0) is 4.74 Å². The number of rotatable bonds is 2. The van der Waals surface area contributed by atoms with Crippen molar-refractivity contribution >= 4 is 65.5 Å². The molecular weight excluding hydrogens is 487 g/mol. The molecule has 7 heteroatoms. The number of thiophene rings is 1. The summed E-state index contributed by atoms with van der Waals surface area (Å²) in [6.07, 6.45) is 0.507. The van der Waals surface area contributed by atoms with Crippen LogP contribution in [0.15, 0.2) is 39.3 Å². The van der Waals surface area contributed by atoms with Gasteiger partial charge in [0.1, 0.15) is 10.7 Å². The van der Waals surface area contributed by atoms with Gasteiger partial charge in [0.05, 0.1) is 17.1 Å². The Morgan fingerprint density at radius 2 is 1.69 bits per heavy atom. The number of esters is 1. The Bertz CT molecular complexity index is 983. The number of aryl methyl sites for hydroxylation is 2. The van der Waals surface area contributed by atoms with Gasteiger partial charge >= 0.3 is 5.97 Å². The molecule has 0 bridgehead atoms. The highest BCUT2D eigenvalue weighted by atomic mass is 79.9. The molecule has 136 valence electrons. The summed E-state index contributed by atoms with van der Waals surface area (Å²) in [5.41, 5.74) is 2.13. The number of methoxy groups -OCH3 is 1. The second-order valence-electron chi connectivity index (χ2n) is 5.54. The van der Waals surface area contributed by atoms with Gasteiger partial charge in [-0.2, -0.15) is 0 Å². The zero-order valence-electron chi connectivity index (χ0n) is 14.2. The maximum absolute atomic E-state index is 12.9. The third-order valence-corrected chi connectivity index (χ3v) is 6.06. The molecule has 0 saturated carbocycles. The van der Waals surface area contributed by atoms with Gasteiger partial charge in [-0.25, -0.2) is 9.18 Å². The topological polar surface area (TPSA) is 43.4 Å². The summed E-state index contributed by atoms with van der Waals surface area (Å²) in [5.74, 6) is -0.772. The van der Waals surface area contributed by atoms with Crippen LogP contribution in [0.5, 0.6) is 0 Å². The van der Waals surface area contributed by atoms with E-state index >= 15 is 0 Å². The number of hydrogen-bond acceptors (Lipinski definition) is 4. The predicted octanol–water partition coefficient (Wildman–Crippen LogP) is 6.47. The summed E-state index contributed by atoms with van der Waals surface area (Å²) < 4.78 is 20.0. The molecule has 0 aliphatic carbocycles. The standard InChI is InChI=1S/C11H9BrO2S.C8H6BrFO/c1-6-3-7-5-9(11(13)14-2)15-10(7)8(12)4-6;1-5-2-6(4-11)8(10)7(9)3-5/h3-5H,1-2H3;2-4H,1H3. The van der Waals surface area contributed by atoms with Gasteiger partial charge < -0.3 is 4.74 Å². The Balaban J connectivity index is 0.000000197. The lowest BCUT2D eigenvalue weighted by atomic mass is 10.1. The Kier molecular flexibility index (Phi) is 7.08. The van der Waals surface area contributed by atoms with Crippen LogP contribution >= 0.6 is 43.2 Å². The van der Waals surface area contributed by atoms with Crippen molar-refractivity contribution in [2.24, 2.45) is 0 Å². The van der Waals surface area contributed by atoms with Crippen LogP contribution in [0.1, 0.15) is 31.2 Å². The molecule has 0 aliphatic heterocycles. The number of carbonyl (C=O) groups excluding carboxylic acids is 2. The number of carbonyl (C=O) groups is 2. The molecule has 1 aromatic heterocycles. The van der Waals surface area contributed by atoms with E-state index in [4.69, 9.17) is 4.74 Å². The van der Waals surface area contributed by atoms with Gasteiger partial charge in [-0.3, -0.25) is 4.79 Å². The summed E-state index contributed by atoms with van der Waals surface area (Å²) in [7, 11) is 1.40. The number of aldehydes is 1. The van der Waals surface area contributed by atoms with E-state index in [9.17, 15) is 14.0 Å². The first-order valence-electron chi connectivity index (χ1n) is 7.45. The Morgan fingerprint density at radius 1 is 1.08 bits per heavy atom. The van der Waals surface area contributed by atoms with Crippen LogP contribution in [-0.4, -0.2) is 19.4 Å². The maximum Gasteiger partial charge on any atom is 0.348 e. The van der Waals surface area contributed by atoms with Crippen molar-refractivity contribution in [1.82, 2.24) is 0 Å². The molecule has 0 spiro atoms. The molecule has 0 aliphatic rings. The van der Waals surface area contributed by atoms with Crippen LogP contribution in [0.3, 0.4) is 0 Å². The molecule has 0 fully saturated rings. The van der Waals surface area contributed by atoms with E-state index in [2.05, 4.69) is 37.9 Å². The van der Waals surface area contributed by atoms with Crippen LogP contribution in [0.2, 0.25) is 0 Å². The number of fused-ring (bicyclic) bond motifs is 1. The minimum atomic E-state index is -0.495. The van der Waals surface area contributed by atoms with Gasteiger partial charge in [0.25, 0.3) is 0 Å². The van der Waals surface area contributed by atoms with Gasteiger partial charge in [0.15, 0.2) is 6.29 Å². The van der Waals surface area contributed by atoms with Crippen molar-refractivity contribution in [1.29, 1.82) is 0 Å². The predicted molar refractivity (Wildman–Crippen MR) is 110 cm³/mol. The van der Waals surface area contributed by atoms with Crippen LogP contribution in [0, 0.1) is 19.7 Å². The van der Waals surface area contributed by atoms with Crippen molar-refractivity contribution in [3.8, 4) is 0 Å². The zero-order chi connectivity index (χ0) is 19.4. The molecule has 0 atom stereocenters. The van der Waals surface area contributed by atoms with Gasteiger partial charge in [-0.15, -0.1) is 11.3 Å². The second kappa shape index (κ2) is 8.88. The van der Waals surface area contributed by atoms with Crippen molar-refractivity contribution in [2.75, 3.05) is 7.11 Å². The Hall–Kier alpha value is -1.57. The van der Waals surface area contributed by atoms with Crippen molar-refractivity contribution < 1.29 is 18.7 Å². The number of ether oxygens (including phenoxy) is 1. The summed E-state index contributed by atoms with van der Waals surface area (Å²) in [6, 6.07) is 9.10. The minimum absolute atomic E-state index is 0.0943. The lowest BCUT2D eigenvalue weighted by molar-refractivity contribution is 0.0606. The molecule has 2 aromatic carbocycles. The van der Waals surface area contributed by atoms with Crippen molar-refractivity contribution in [3.63, 3.8) is 0 Å². The third kappa shape index (κ3) is 4.78. The van der Waals surface area contributed by atoms with E-state index in [0.29, 0.717) is 15.6 Å². The Morgan fingerprint density at radius 3 is 2.31 bits per heavy atom. The number of halogens is 3.